The number of hydrogen-bond acceptors (Lipinski definition) is 2. The molecule has 2 nitrogen and oxygen atoms in total. The molecule has 0 aromatic heterocycles. The number of carbonyl (C=O) groups excluding carboxylic acids is 1. The highest BCUT2D eigenvalue weighted by atomic mass is 19.1. The van der Waals surface area contributed by atoms with E-state index in [1.165, 1.54) is 0 Å². The molecule has 1 rings (SSSR count). The lowest BCUT2D eigenvalue weighted by Gasteiger charge is -2.33. The van der Waals surface area contributed by atoms with E-state index in [1.54, 1.807) is 24.3 Å². The molecule has 19 heavy (non-hydrogen) atoms. The van der Waals surface area contributed by atoms with Gasteiger partial charge in [-0.2, -0.15) is 0 Å². The van der Waals surface area contributed by atoms with Gasteiger partial charge in [0.25, 0.3) is 0 Å². The molecule has 106 valence electrons. The van der Waals surface area contributed by atoms with Gasteiger partial charge in [-0.15, -0.1) is 0 Å². The monoisotopic (exact) mass is 265 g/mol. The molecule has 0 heterocycles. The number of alkyl halides is 1. The lowest BCUT2D eigenvalue weighted by atomic mass is 9.76. The van der Waals surface area contributed by atoms with Crippen LogP contribution < -0.4 is 5.73 Å². The number of Topliss-reactive ketones (excluding diaryl/α,β-unsaturated/α-hetero) is 1. The predicted molar refractivity (Wildman–Crippen MR) is 76.9 cm³/mol. The summed E-state index contributed by atoms with van der Waals surface area (Å²) >= 11 is 0. The van der Waals surface area contributed by atoms with Crippen LogP contribution in [0.2, 0.25) is 0 Å². The third kappa shape index (κ3) is 5.52. The van der Waals surface area contributed by atoms with Gasteiger partial charge in [0.1, 0.15) is 0 Å². The van der Waals surface area contributed by atoms with E-state index in [9.17, 15) is 9.18 Å². The molecular formula is C16H24FNO. The molecule has 0 amide bonds. The summed E-state index contributed by atoms with van der Waals surface area (Å²) in [5.41, 5.74) is 5.74. The van der Waals surface area contributed by atoms with Gasteiger partial charge >= 0.3 is 0 Å². The Labute approximate surface area is 115 Å². The van der Waals surface area contributed by atoms with Gasteiger partial charge in [0.15, 0.2) is 12.0 Å². The second-order valence-electron chi connectivity index (χ2n) is 6.73. The molecule has 0 aliphatic rings. The molecule has 1 atom stereocenters. The highest BCUT2D eigenvalue weighted by Gasteiger charge is 2.32. The molecular weight excluding hydrogens is 241 g/mol. The zero-order valence-electron chi connectivity index (χ0n) is 12.2. The van der Waals surface area contributed by atoms with Crippen molar-refractivity contribution in [1.29, 1.82) is 0 Å². The van der Waals surface area contributed by atoms with Crippen molar-refractivity contribution in [2.24, 2.45) is 11.1 Å². The Kier molecular flexibility index (Phi) is 4.86. The van der Waals surface area contributed by atoms with E-state index in [0.29, 0.717) is 12.0 Å². The van der Waals surface area contributed by atoms with Crippen molar-refractivity contribution in [3.8, 4) is 0 Å². The molecule has 0 bridgehead atoms. The molecule has 3 heteroatoms. The summed E-state index contributed by atoms with van der Waals surface area (Å²) in [6.07, 6.45) is -0.608. The number of carbonyl (C=O) groups is 1. The molecule has 0 fully saturated rings. The fourth-order valence-electron chi connectivity index (χ4n) is 2.67. The maximum absolute atomic E-state index is 14.2. The molecule has 0 saturated carbocycles. The Balaban J connectivity index is 2.69. The number of ketones is 1. The average molecular weight is 265 g/mol. The molecule has 0 saturated heterocycles. The maximum Gasteiger partial charge on any atom is 0.196 e. The minimum Gasteiger partial charge on any atom is -0.326 e. The van der Waals surface area contributed by atoms with Crippen LogP contribution in [-0.4, -0.2) is 17.5 Å². The van der Waals surface area contributed by atoms with E-state index in [2.05, 4.69) is 0 Å². The molecule has 1 aromatic carbocycles. The van der Waals surface area contributed by atoms with Crippen LogP contribution in [-0.2, 0) is 0 Å². The lowest BCUT2D eigenvalue weighted by Crippen LogP contribution is -2.39. The van der Waals surface area contributed by atoms with E-state index in [-0.39, 0.29) is 17.4 Å². The van der Waals surface area contributed by atoms with Crippen molar-refractivity contribution < 1.29 is 9.18 Å². The Morgan fingerprint density at radius 3 is 2.21 bits per heavy atom. The lowest BCUT2D eigenvalue weighted by molar-refractivity contribution is 0.0798. The first-order valence-corrected chi connectivity index (χ1v) is 6.63. The SMILES string of the molecule is CC(C)(N)CC(C)(C)CC(F)C(=O)c1ccccc1. The zero-order valence-corrected chi connectivity index (χ0v) is 12.2. The van der Waals surface area contributed by atoms with E-state index in [4.69, 9.17) is 5.73 Å². The van der Waals surface area contributed by atoms with Crippen LogP contribution in [0, 0.1) is 5.41 Å². The number of rotatable bonds is 6. The highest BCUT2D eigenvalue weighted by Crippen LogP contribution is 2.33. The summed E-state index contributed by atoms with van der Waals surface area (Å²) in [5, 5.41) is 0. The van der Waals surface area contributed by atoms with Gasteiger partial charge in [-0.25, -0.2) is 4.39 Å². The van der Waals surface area contributed by atoms with Gasteiger partial charge in [-0.3, -0.25) is 4.79 Å². The van der Waals surface area contributed by atoms with Crippen LogP contribution >= 0.6 is 0 Å². The van der Waals surface area contributed by atoms with Crippen molar-refractivity contribution in [3.05, 3.63) is 35.9 Å². The first-order chi connectivity index (χ1) is 8.61. The summed E-state index contributed by atoms with van der Waals surface area (Å²) in [5.74, 6) is -0.441. The van der Waals surface area contributed by atoms with Crippen LogP contribution in [0.25, 0.3) is 0 Å². The minimum absolute atomic E-state index is 0.196. The average Bonchev–Trinajstić information content (AvgIpc) is 2.25. The van der Waals surface area contributed by atoms with Gasteiger partial charge in [0.2, 0.25) is 0 Å². The van der Waals surface area contributed by atoms with Crippen LogP contribution in [0.1, 0.15) is 50.9 Å². The Morgan fingerprint density at radius 2 is 1.74 bits per heavy atom. The molecule has 1 unspecified atom stereocenters. The van der Waals surface area contributed by atoms with E-state index in [1.807, 2.05) is 33.8 Å². The Hall–Kier alpha value is -1.22. The summed E-state index contributed by atoms with van der Waals surface area (Å²) in [6.45, 7) is 7.74. The van der Waals surface area contributed by atoms with E-state index in [0.717, 1.165) is 0 Å². The second kappa shape index (κ2) is 5.83. The summed E-state index contributed by atoms with van der Waals surface area (Å²) in [7, 11) is 0. The third-order valence-corrected chi connectivity index (χ3v) is 3.01. The van der Waals surface area contributed by atoms with Gasteiger partial charge in [0, 0.05) is 11.1 Å². The fourth-order valence-corrected chi connectivity index (χ4v) is 2.67. The maximum atomic E-state index is 14.2. The number of nitrogens with two attached hydrogens (primary N) is 1. The van der Waals surface area contributed by atoms with E-state index < -0.39 is 12.0 Å². The smallest absolute Gasteiger partial charge is 0.196 e. The van der Waals surface area contributed by atoms with Crippen LogP contribution in [0.3, 0.4) is 0 Å². The topological polar surface area (TPSA) is 43.1 Å². The van der Waals surface area contributed by atoms with Crippen molar-refractivity contribution in [2.45, 2.75) is 52.2 Å². The summed E-state index contributed by atoms with van der Waals surface area (Å²) in [4.78, 5) is 12.0. The molecule has 0 aliphatic carbocycles. The highest BCUT2D eigenvalue weighted by molar-refractivity contribution is 5.99. The van der Waals surface area contributed by atoms with Crippen molar-refractivity contribution in [1.82, 2.24) is 0 Å². The van der Waals surface area contributed by atoms with Crippen molar-refractivity contribution >= 4 is 5.78 Å². The van der Waals surface area contributed by atoms with Crippen LogP contribution in [0.15, 0.2) is 30.3 Å². The van der Waals surface area contributed by atoms with Crippen molar-refractivity contribution in [2.75, 3.05) is 0 Å². The van der Waals surface area contributed by atoms with Crippen molar-refractivity contribution in [3.63, 3.8) is 0 Å². The van der Waals surface area contributed by atoms with Crippen LogP contribution in [0.4, 0.5) is 4.39 Å². The van der Waals surface area contributed by atoms with Gasteiger partial charge < -0.3 is 5.73 Å². The first kappa shape index (κ1) is 15.8. The van der Waals surface area contributed by atoms with E-state index >= 15 is 0 Å². The minimum atomic E-state index is -1.47. The normalized spacial score (nSPS) is 14.2. The number of hydrogen-bond donors (Lipinski definition) is 1. The summed E-state index contributed by atoms with van der Waals surface area (Å²) in [6, 6.07) is 8.59. The molecule has 0 spiro atoms. The zero-order chi connectivity index (χ0) is 14.7. The van der Waals surface area contributed by atoms with Gasteiger partial charge in [0.05, 0.1) is 0 Å². The standard InChI is InChI=1S/C16H24FNO/c1-15(2,11-16(3,4)18)10-13(17)14(19)12-8-6-5-7-9-12/h5-9,13H,10-11,18H2,1-4H3. The molecule has 2 N–H and O–H groups in total. The van der Waals surface area contributed by atoms with Gasteiger partial charge in [-0.05, 0) is 32.1 Å². The Morgan fingerprint density at radius 1 is 1.21 bits per heavy atom. The predicted octanol–water partition coefficient (Wildman–Crippen LogP) is 3.75. The largest absolute Gasteiger partial charge is 0.326 e. The Bertz CT molecular complexity index is 420. The van der Waals surface area contributed by atoms with Gasteiger partial charge in [-0.1, -0.05) is 44.2 Å². The molecule has 1 aromatic rings. The quantitative estimate of drug-likeness (QED) is 0.796. The second-order valence-corrected chi connectivity index (χ2v) is 6.73. The van der Waals surface area contributed by atoms with Crippen LogP contribution in [0.5, 0.6) is 0 Å². The first-order valence-electron chi connectivity index (χ1n) is 6.63. The number of benzene rings is 1. The number of halogens is 1. The molecule has 0 aliphatic heterocycles. The molecule has 0 radical (unpaired) electrons. The summed E-state index contributed by atoms with van der Waals surface area (Å²) < 4.78 is 14.2. The third-order valence-electron chi connectivity index (χ3n) is 3.01. The fraction of sp³-hybridized carbons (Fsp3) is 0.562.